The van der Waals surface area contributed by atoms with Gasteiger partial charge in [-0.25, -0.2) is 4.39 Å². The molecule has 1 heterocycles. The number of hydrogen-bond acceptors (Lipinski definition) is 2. The van der Waals surface area contributed by atoms with Crippen molar-refractivity contribution in [1.29, 1.82) is 0 Å². The fraction of sp³-hybridized carbons (Fsp3) is 0.455. The second-order valence-corrected chi connectivity index (χ2v) is 3.76. The van der Waals surface area contributed by atoms with Crippen molar-refractivity contribution in [2.24, 2.45) is 5.92 Å². The molecular formula is C11H14FNO. The zero-order valence-electron chi connectivity index (χ0n) is 7.91. The lowest BCUT2D eigenvalue weighted by Gasteiger charge is -2.16. The molecular weight excluding hydrogens is 181 g/mol. The van der Waals surface area contributed by atoms with E-state index >= 15 is 0 Å². The molecule has 0 aliphatic carbocycles. The molecule has 2 nitrogen and oxygen atoms in total. The summed E-state index contributed by atoms with van der Waals surface area (Å²) < 4.78 is 12.7. The summed E-state index contributed by atoms with van der Waals surface area (Å²) in [5, 5.41) is 12.4. The summed E-state index contributed by atoms with van der Waals surface area (Å²) in [7, 11) is 0. The molecule has 2 atom stereocenters. The van der Waals surface area contributed by atoms with E-state index in [1.807, 2.05) is 0 Å². The van der Waals surface area contributed by atoms with Crippen molar-refractivity contribution in [2.45, 2.75) is 5.92 Å². The van der Waals surface area contributed by atoms with E-state index in [0.29, 0.717) is 5.92 Å². The molecule has 76 valence electrons. The second-order valence-electron chi connectivity index (χ2n) is 3.76. The average Bonchev–Trinajstić information content (AvgIpc) is 2.67. The van der Waals surface area contributed by atoms with E-state index in [-0.39, 0.29) is 18.3 Å². The van der Waals surface area contributed by atoms with Gasteiger partial charge in [-0.15, -0.1) is 0 Å². The topological polar surface area (TPSA) is 32.3 Å². The smallest absolute Gasteiger partial charge is 0.123 e. The van der Waals surface area contributed by atoms with Gasteiger partial charge in [0.2, 0.25) is 0 Å². The Morgan fingerprint density at radius 2 is 2.00 bits per heavy atom. The van der Waals surface area contributed by atoms with Gasteiger partial charge in [0.15, 0.2) is 0 Å². The van der Waals surface area contributed by atoms with Crippen molar-refractivity contribution in [3.8, 4) is 0 Å². The van der Waals surface area contributed by atoms with Crippen LogP contribution < -0.4 is 5.32 Å². The highest BCUT2D eigenvalue weighted by Gasteiger charge is 2.27. The van der Waals surface area contributed by atoms with Crippen molar-refractivity contribution in [1.82, 2.24) is 5.32 Å². The molecule has 3 heteroatoms. The van der Waals surface area contributed by atoms with E-state index in [4.69, 9.17) is 5.11 Å². The van der Waals surface area contributed by atoms with Gasteiger partial charge in [-0.3, -0.25) is 0 Å². The highest BCUT2D eigenvalue weighted by molar-refractivity contribution is 5.23. The monoisotopic (exact) mass is 195 g/mol. The van der Waals surface area contributed by atoms with Crippen LogP contribution >= 0.6 is 0 Å². The SMILES string of the molecule is OC[C@H]1CNC[C@H]1c1ccc(F)cc1. The number of benzene rings is 1. The highest BCUT2D eigenvalue weighted by Crippen LogP contribution is 2.27. The van der Waals surface area contributed by atoms with E-state index in [2.05, 4.69) is 5.32 Å². The molecule has 0 bridgehead atoms. The summed E-state index contributed by atoms with van der Waals surface area (Å²) in [6.07, 6.45) is 0. The molecule has 1 saturated heterocycles. The molecule has 2 rings (SSSR count). The van der Waals surface area contributed by atoms with E-state index in [9.17, 15) is 4.39 Å². The lowest BCUT2D eigenvalue weighted by molar-refractivity contribution is 0.226. The van der Waals surface area contributed by atoms with Gasteiger partial charge in [-0.05, 0) is 17.7 Å². The lowest BCUT2D eigenvalue weighted by Crippen LogP contribution is -2.14. The molecule has 1 fully saturated rings. The minimum atomic E-state index is -0.208. The Bertz CT molecular complexity index is 299. The minimum absolute atomic E-state index is 0.190. The first kappa shape index (κ1) is 9.62. The largest absolute Gasteiger partial charge is 0.396 e. The Morgan fingerprint density at radius 1 is 1.29 bits per heavy atom. The molecule has 1 aromatic rings. The predicted octanol–water partition coefficient (Wildman–Crippen LogP) is 1.12. The summed E-state index contributed by atoms with van der Waals surface area (Å²) in [4.78, 5) is 0. The summed E-state index contributed by atoms with van der Waals surface area (Å²) in [5.74, 6) is 0.376. The van der Waals surface area contributed by atoms with Crippen molar-refractivity contribution in [3.05, 3.63) is 35.6 Å². The molecule has 1 aliphatic heterocycles. The van der Waals surface area contributed by atoms with Gasteiger partial charge < -0.3 is 10.4 Å². The number of aliphatic hydroxyl groups is 1. The number of halogens is 1. The van der Waals surface area contributed by atoms with Gasteiger partial charge in [0, 0.05) is 31.5 Å². The molecule has 14 heavy (non-hydrogen) atoms. The fourth-order valence-electron chi connectivity index (χ4n) is 2.02. The summed E-state index contributed by atoms with van der Waals surface area (Å²) in [6.45, 7) is 1.91. The highest BCUT2D eigenvalue weighted by atomic mass is 19.1. The van der Waals surface area contributed by atoms with Crippen LogP contribution in [-0.2, 0) is 0 Å². The average molecular weight is 195 g/mol. The normalized spacial score (nSPS) is 26.7. The van der Waals surface area contributed by atoms with Gasteiger partial charge in [0.05, 0.1) is 0 Å². The van der Waals surface area contributed by atoms with Crippen LogP contribution in [0.5, 0.6) is 0 Å². The quantitative estimate of drug-likeness (QED) is 0.741. The van der Waals surface area contributed by atoms with Crippen molar-refractivity contribution in [2.75, 3.05) is 19.7 Å². The first-order valence-electron chi connectivity index (χ1n) is 4.88. The fourth-order valence-corrected chi connectivity index (χ4v) is 2.02. The maximum absolute atomic E-state index is 12.7. The van der Waals surface area contributed by atoms with Gasteiger partial charge >= 0.3 is 0 Å². The number of nitrogens with one attached hydrogen (secondary N) is 1. The Balaban J connectivity index is 2.17. The molecule has 0 saturated carbocycles. The molecule has 0 unspecified atom stereocenters. The Hall–Kier alpha value is -0.930. The molecule has 2 N–H and O–H groups in total. The number of hydrogen-bond donors (Lipinski definition) is 2. The van der Waals surface area contributed by atoms with Crippen LogP contribution in [-0.4, -0.2) is 24.8 Å². The third-order valence-corrected chi connectivity index (χ3v) is 2.87. The van der Waals surface area contributed by atoms with E-state index < -0.39 is 0 Å². The van der Waals surface area contributed by atoms with Crippen LogP contribution in [0.2, 0.25) is 0 Å². The van der Waals surface area contributed by atoms with Crippen LogP contribution in [0.25, 0.3) is 0 Å². The number of aliphatic hydroxyl groups excluding tert-OH is 1. The van der Waals surface area contributed by atoms with Crippen LogP contribution in [0.15, 0.2) is 24.3 Å². The van der Waals surface area contributed by atoms with Crippen LogP contribution in [0, 0.1) is 11.7 Å². The van der Waals surface area contributed by atoms with Crippen LogP contribution in [0.3, 0.4) is 0 Å². The molecule has 1 aliphatic rings. The molecule has 0 aromatic heterocycles. The van der Waals surface area contributed by atoms with Crippen LogP contribution in [0.4, 0.5) is 4.39 Å². The van der Waals surface area contributed by atoms with Gasteiger partial charge in [-0.2, -0.15) is 0 Å². The summed E-state index contributed by atoms with van der Waals surface area (Å²) in [6, 6.07) is 6.55. The maximum Gasteiger partial charge on any atom is 0.123 e. The van der Waals surface area contributed by atoms with Crippen molar-refractivity contribution in [3.63, 3.8) is 0 Å². The molecule has 1 aromatic carbocycles. The Labute approximate surface area is 82.8 Å². The summed E-state index contributed by atoms with van der Waals surface area (Å²) >= 11 is 0. The first-order chi connectivity index (χ1) is 6.81. The Kier molecular flexibility index (Phi) is 2.79. The van der Waals surface area contributed by atoms with E-state index in [1.165, 1.54) is 12.1 Å². The molecule has 0 amide bonds. The zero-order chi connectivity index (χ0) is 9.97. The minimum Gasteiger partial charge on any atom is -0.396 e. The van der Waals surface area contributed by atoms with Crippen molar-refractivity contribution >= 4 is 0 Å². The summed E-state index contributed by atoms with van der Waals surface area (Å²) in [5.41, 5.74) is 1.11. The standard InChI is InChI=1S/C11H14FNO/c12-10-3-1-8(2-4-10)11-6-13-5-9(11)7-14/h1-4,9,11,13-14H,5-7H2/t9-,11+/m1/s1. The lowest BCUT2D eigenvalue weighted by atomic mass is 9.89. The second kappa shape index (κ2) is 4.07. The van der Waals surface area contributed by atoms with Gasteiger partial charge in [0.25, 0.3) is 0 Å². The third-order valence-electron chi connectivity index (χ3n) is 2.87. The third kappa shape index (κ3) is 1.79. The maximum atomic E-state index is 12.7. The van der Waals surface area contributed by atoms with E-state index in [1.54, 1.807) is 12.1 Å². The van der Waals surface area contributed by atoms with Crippen molar-refractivity contribution < 1.29 is 9.50 Å². The van der Waals surface area contributed by atoms with Gasteiger partial charge in [0.1, 0.15) is 5.82 Å². The molecule has 0 spiro atoms. The van der Waals surface area contributed by atoms with Crippen LogP contribution in [0.1, 0.15) is 11.5 Å². The molecule has 0 radical (unpaired) electrons. The first-order valence-corrected chi connectivity index (χ1v) is 4.88. The van der Waals surface area contributed by atoms with E-state index in [0.717, 1.165) is 18.7 Å². The van der Waals surface area contributed by atoms with Gasteiger partial charge in [-0.1, -0.05) is 12.1 Å². The predicted molar refractivity (Wildman–Crippen MR) is 52.6 cm³/mol. The zero-order valence-corrected chi connectivity index (χ0v) is 7.91. The number of rotatable bonds is 2. The Morgan fingerprint density at radius 3 is 2.64 bits per heavy atom.